The first-order valence-electron chi connectivity index (χ1n) is 7.64. The molecule has 1 fully saturated rings. The molecule has 0 unspecified atom stereocenters. The highest BCUT2D eigenvalue weighted by Crippen LogP contribution is 2.11. The summed E-state index contributed by atoms with van der Waals surface area (Å²) in [5.74, 6) is -0.152. The first-order valence-corrected chi connectivity index (χ1v) is 9.13. The maximum Gasteiger partial charge on any atom is 0.253 e. The Bertz CT molecular complexity index is 633. The quantitative estimate of drug-likeness (QED) is 0.707. The fourth-order valence-corrected chi connectivity index (χ4v) is 3.41. The lowest BCUT2D eigenvalue weighted by atomic mass is 10.2. The van der Waals surface area contributed by atoms with E-state index in [1.165, 1.54) is 29.2 Å². The van der Waals surface area contributed by atoms with E-state index in [0.717, 1.165) is 26.2 Å². The summed E-state index contributed by atoms with van der Waals surface area (Å²) in [7, 11) is -0.226. The summed E-state index contributed by atoms with van der Waals surface area (Å²) in [5.41, 5.74) is 0.467. The van der Waals surface area contributed by atoms with Crippen molar-refractivity contribution >= 4 is 40.7 Å². The Morgan fingerprint density at radius 1 is 1.16 bits per heavy atom. The lowest BCUT2D eigenvalue weighted by Crippen LogP contribution is -2.46. The van der Waals surface area contributed by atoms with E-state index in [1.807, 2.05) is 0 Å². The molecule has 144 valence electrons. The number of benzene rings is 1. The van der Waals surface area contributed by atoms with Gasteiger partial charge in [-0.2, -0.15) is 0 Å². The van der Waals surface area contributed by atoms with Crippen LogP contribution in [0.2, 0.25) is 0 Å². The molecular formula is C15H26Cl2N4O3S. The van der Waals surface area contributed by atoms with Gasteiger partial charge in [0, 0.05) is 58.9 Å². The molecule has 0 atom stereocenters. The number of hydrogen-bond acceptors (Lipinski definition) is 5. The van der Waals surface area contributed by atoms with Crippen LogP contribution in [0.1, 0.15) is 10.4 Å². The van der Waals surface area contributed by atoms with Gasteiger partial charge in [-0.3, -0.25) is 9.69 Å². The van der Waals surface area contributed by atoms with E-state index in [1.54, 1.807) is 14.1 Å². The van der Waals surface area contributed by atoms with Crippen LogP contribution in [0.4, 0.5) is 0 Å². The van der Waals surface area contributed by atoms with Gasteiger partial charge in [-0.15, -0.1) is 24.8 Å². The average molecular weight is 413 g/mol. The van der Waals surface area contributed by atoms with Gasteiger partial charge in [0.1, 0.15) is 0 Å². The SMILES string of the molecule is CN(C)C(=O)c1ccc(S(=O)(=O)NCCN2CCNCC2)cc1.Cl.Cl. The normalized spacial score (nSPS) is 15.0. The fraction of sp³-hybridized carbons (Fsp3) is 0.533. The molecule has 25 heavy (non-hydrogen) atoms. The van der Waals surface area contributed by atoms with Crippen molar-refractivity contribution in [1.29, 1.82) is 0 Å². The minimum absolute atomic E-state index is 0. The molecule has 0 bridgehead atoms. The molecule has 0 spiro atoms. The van der Waals surface area contributed by atoms with Gasteiger partial charge in [0.15, 0.2) is 0 Å². The van der Waals surface area contributed by atoms with E-state index in [2.05, 4.69) is 14.9 Å². The van der Waals surface area contributed by atoms with E-state index in [-0.39, 0.29) is 35.6 Å². The topological polar surface area (TPSA) is 81.8 Å². The highest BCUT2D eigenvalue weighted by atomic mass is 35.5. The molecule has 1 aliphatic rings. The standard InChI is InChI=1S/C15H24N4O3S.2ClH/c1-18(2)15(20)13-3-5-14(6-4-13)23(21,22)17-9-12-19-10-7-16-8-11-19;;/h3-6,16-17H,7-12H2,1-2H3;2*1H. The van der Waals surface area contributed by atoms with Crippen LogP contribution in [0.25, 0.3) is 0 Å². The summed E-state index contributed by atoms with van der Waals surface area (Å²) in [4.78, 5) is 15.7. The second-order valence-corrected chi connectivity index (χ2v) is 7.48. The summed E-state index contributed by atoms with van der Waals surface area (Å²) in [5, 5.41) is 3.26. The van der Waals surface area contributed by atoms with E-state index in [9.17, 15) is 13.2 Å². The second-order valence-electron chi connectivity index (χ2n) is 5.71. The molecule has 7 nitrogen and oxygen atoms in total. The number of sulfonamides is 1. The van der Waals surface area contributed by atoms with Crippen molar-refractivity contribution < 1.29 is 13.2 Å². The molecule has 1 aromatic rings. The zero-order valence-corrected chi connectivity index (χ0v) is 16.8. The Labute approximate surface area is 162 Å². The third-order valence-corrected chi connectivity index (χ3v) is 5.22. The maximum absolute atomic E-state index is 12.3. The summed E-state index contributed by atoms with van der Waals surface area (Å²) >= 11 is 0. The second kappa shape index (κ2) is 10.9. The van der Waals surface area contributed by atoms with Crippen molar-refractivity contribution in [1.82, 2.24) is 19.8 Å². The Kier molecular flexibility index (Phi) is 10.6. The minimum Gasteiger partial charge on any atom is -0.345 e. The summed E-state index contributed by atoms with van der Waals surface area (Å²) in [6, 6.07) is 5.99. The van der Waals surface area contributed by atoms with Crippen LogP contribution in [-0.2, 0) is 10.0 Å². The number of halogens is 2. The molecule has 1 amide bonds. The molecule has 0 aliphatic carbocycles. The van der Waals surface area contributed by atoms with Crippen molar-refractivity contribution in [3.8, 4) is 0 Å². The zero-order valence-electron chi connectivity index (χ0n) is 14.4. The van der Waals surface area contributed by atoms with E-state index < -0.39 is 10.0 Å². The van der Waals surface area contributed by atoms with Crippen molar-refractivity contribution in [2.45, 2.75) is 4.90 Å². The van der Waals surface area contributed by atoms with Gasteiger partial charge in [-0.25, -0.2) is 13.1 Å². The predicted octanol–water partition coefficient (Wildman–Crippen LogP) is 0.415. The van der Waals surface area contributed by atoms with Crippen molar-refractivity contribution in [2.24, 2.45) is 0 Å². The van der Waals surface area contributed by atoms with Crippen molar-refractivity contribution in [2.75, 3.05) is 53.4 Å². The third-order valence-electron chi connectivity index (χ3n) is 3.75. The Morgan fingerprint density at radius 2 is 1.72 bits per heavy atom. The third kappa shape index (κ3) is 7.08. The Hall–Kier alpha value is -0.900. The van der Waals surface area contributed by atoms with Gasteiger partial charge in [0.25, 0.3) is 5.91 Å². The maximum atomic E-state index is 12.3. The Balaban J connectivity index is 0.00000288. The zero-order chi connectivity index (χ0) is 16.9. The smallest absolute Gasteiger partial charge is 0.253 e. The molecule has 1 saturated heterocycles. The summed E-state index contributed by atoms with van der Waals surface area (Å²) < 4.78 is 27.1. The van der Waals surface area contributed by atoms with E-state index in [0.29, 0.717) is 18.7 Å². The van der Waals surface area contributed by atoms with Gasteiger partial charge >= 0.3 is 0 Å². The van der Waals surface area contributed by atoms with Crippen molar-refractivity contribution in [3.05, 3.63) is 29.8 Å². The molecule has 1 heterocycles. The van der Waals surface area contributed by atoms with Gasteiger partial charge in [0.05, 0.1) is 4.90 Å². The molecule has 0 aromatic heterocycles. The molecule has 1 aliphatic heterocycles. The van der Waals surface area contributed by atoms with Crippen molar-refractivity contribution in [3.63, 3.8) is 0 Å². The highest BCUT2D eigenvalue weighted by molar-refractivity contribution is 7.89. The van der Waals surface area contributed by atoms with Crippen LogP contribution < -0.4 is 10.0 Å². The van der Waals surface area contributed by atoms with Crippen LogP contribution in [0.5, 0.6) is 0 Å². The Morgan fingerprint density at radius 3 is 2.24 bits per heavy atom. The van der Waals surface area contributed by atoms with Crippen LogP contribution >= 0.6 is 24.8 Å². The van der Waals surface area contributed by atoms with Crippen LogP contribution in [-0.4, -0.2) is 77.5 Å². The number of piperazine rings is 1. The number of nitrogens with zero attached hydrogens (tertiary/aromatic N) is 2. The largest absolute Gasteiger partial charge is 0.345 e. The molecule has 10 heteroatoms. The number of nitrogens with one attached hydrogen (secondary N) is 2. The van der Waals surface area contributed by atoms with Gasteiger partial charge in [0.2, 0.25) is 10.0 Å². The number of carbonyl (C=O) groups excluding carboxylic acids is 1. The number of hydrogen-bond donors (Lipinski definition) is 2. The lowest BCUT2D eigenvalue weighted by molar-refractivity contribution is 0.0827. The molecule has 0 radical (unpaired) electrons. The van der Waals surface area contributed by atoms with Gasteiger partial charge in [-0.1, -0.05) is 0 Å². The van der Waals surface area contributed by atoms with Crippen LogP contribution in [0.15, 0.2) is 29.2 Å². The molecule has 1 aromatic carbocycles. The van der Waals surface area contributed by atoms with Crippen LogP contribution in [0.3, 0.4) is 0 Å². The van der Waals surface area contributed by atoms with Crippen LogP contribution in [0, 0.1) is 0 Å². The number of amides is 1. The number of carbonyl (C=O) groups is 1. The first kappa shape index (κ1) is 24.1. The molecule has 0 saturated carbocycles. The first-order chi connectivity index (χ1) is 10.9. The van der Waals surface area contributed by atoms with Gasteiger partial charge < -0.3 is 10.2 Å². The van der Waals surface area contributed by atoms with E-state index in [4.69, 9.17) is 0 Å². The van der Waals surface area contributed by atoms with E-state index >= 15 is 0 Å². The lowest BCUT2D eigenvalue weighted by Gasteiger charge is -2.27. The minimum atomic E-state index is -3.54. The van der Waals surface area contributed by atoms with Gasteiger partial charge in [-0.05, 0) is 24.3 Å². The number of rotatable bonds is 6. The average Bonchev–Trinajstić information content (AvgIpc) is 2.55. The molecular weight excluding hydrogens is 387 g/mol. The molecule has 2 rings (SSSR count). The summed E-state index contributed by atoms with van der Waals surface area (Å²) in [6.07, 6.45) is 0. The summed E-state index contributed by atoms with van der Waals surface area (Å²) in [6.45, 7) is 4.81. The fourth-order valence-electron chi connectivity index (χ4n) is 2.39. The molecule has 2 N–H and O–H groups in total. The monoisotopic (exact) mass is 412 g/mol. The predicted molar refractivity (Wildman–Crippen MR) is 103 cm³/mol. The highest BCUT2D eigenvalue weighted by Gasteiger charge is 2.16.